The van der Waals surface area contributed by atoms with Gasteiger partial charge in [-0.15, -0.1) is 0 Å². The maximum atomic E-state index is 5.72. The molecule has 2 atom stereocenters. The molecular weight excluding hydrogens is 212 g/mol. The van der Waals surface area contributed by atoms with Gasteiger partial charge in [-0.2, -0.15) is 0 Å². The molecule has 1 aliphatic heterocycles. The Labute approximate surface area is 107 Å². The lowest BCUT2D eigenvalue weighted by atomic mass is 10.1. The zero-order chi connectivity index (χ0) is 12.9. The number of nitrogens with one attached hydrogen (secondary N) is 1. The number of likely N-dealkylation sites (N-methyl/N-ethyl adjacent to an activating group) is 1. The van der Waals surface area contributed by atoms with Crippen molar-refractivity contribution in [3.05, 3.63) is 0 Å². The van der Waals surface area contributed by atoms with Crippen LogP contribution in [-0.4, -0.2) is 48.8 Å². The first-order chi connectivity index (χ1) is 7.92. The summed E-state index contributed by atoms with van der Waals surface area (Å²) in [7, 11) is 0. The fourth-order valence-electron chi connectivity index (χ4n) is 2.25. The van der Waals surface area contributed by atoms with E-state index in [0.717, 1.165) is 26.2 Å². The van der Waals surface area contributed by atoms with Gasteiger partial charge in [-0.3, -0.25) is 4.90 Å². The molecule has 2 unspecified atom stereocenters. The molecular formula is C14H30N2O. The van der Waals surface area contributed by atoms with Crippen molar-refractivity contribution < 1.29 is 4.74 Å². The van der Waals surface area contributed by atoms with Gasteiger partial charge in [0.1, 0.15) is 0 Å². The molecule has 1 heterocycles. The Kier molecular flexibility index (Phi) is 5.90. The average molecular weight is 242 g/mol. The molecule has 1 saturated heterocycles. The van der Waals surface area contributed by atoms with Crippen LogP contribution in [-0.2, 0) is 4.74 Å². The topological polar surface area (TPSA) is 24.5 Å². The summed E-state index contributed by atoms with van der Waals surface area (Å²) in [6.07, 6.45) is 2.93. The third-order valence-electron chi connectivity index (χ3n) is 3.42. The molecule has 3 heteroatoms. The molecule has 0 aromatic heterocycles. The molecule has 0 amide bonds. The Morgan fingerprint density at radius 2 is 2.12 bits per heavy atom. The lowest BCUT2D eigenvalue weighted by molar-refractivity contribution is 0.0609. The van der Waals surface area contributed by atoms with Gasteiger partial charge in [0.2, 0.25) is 0 Å². The first kappa shape index (κ1) is 14.9. The van der Waals surface area contributed by atoms with Crippen LogP contribution in [0.25, 0.3) is 0 Å². The number of hydrogen-bond acceptors (Lipinski definition) is 3. The van der Waals surface area contributed by atoms with Crippen molar-refractivity contribution in [3.8, 4) is 0 Å². The van der Waals surface area contributed by atoms with Crippen LogP contribution in [0.1, 0.15) is 47.5 Å². The van der Waals surface area contributed by atoms with Gasteiger partial charge in [0.05, 0.1) is 6.10 Å². The van der Waals surface area contributed by atoms with Crippen molar-refractivity contribution in [1.29, 1.82) is 0 Å². The number of ether oxygens (including phenoxy) is 1. The van der Waals surface area contributed by atoms with Crippen molar-refractivity contribution in [2.45, 2.75) is 65.1 Å². The summed E-state index contributed by atoms with van der Waals surface area (Å²) < 4.78 is 5.72. The molecule has 0 saturated carbocycles. The molecule has 0 aromatic carbocycles. The molecule has 1 N–H and O–H groups in total. The molecule has 0 spiro atoms. The largest absolute Gasteiger partial charge is 0.377 e. The molecule has 0 radical (unpaired) electrons. The van der Waals surface area contributed by atoms with E-state index in [9.17, 15) is 0 Å². The molecule has 1 aliphatic rings. The molecule has 102 valence electrons. The van der Waals surface area contributed by atoms with Crippen molar-refractivity contribution in [1.82, 2.24) is 10.2 Å². The third kappa shape index (κ3) is 5.84. The highest BCUT2D eigenvalue weighted by Crippen LogP contribution is 2.14. The maximum Gasteiger partial charge on any atom is 0.0702 e. The quantitative estimate of drug-likeness (QED) is 0.773. The monoisotopic (exact) mass is 242 g/mol. The minimum absolute atomic E-state index is 0.206. The molecule has 0 aromatic rings. The van der Waals surface area contributed by atoms with E-state index in [2.05, 4.69) is 44.8 Å². The smallest absolute Gasteiger partial charge is 0.0702 e. The van der Waals surface area contributed by atoms with E-state index in [4.69, 9.17) is 4.74 Å². The fraction of sp³-hybridized carbons (Fsp3) is 1.00. The van der Waals surface area contributed by atoms with Crippen LogP contribution in [0.5, 0.6) is 0 Å². The van der Waals surface area contributed by atoms with Gasteiger partial charge in [-0.25, -0.2) is 0 Å². The highest BCUT2D eigenvalue weighted by atomic mass is 16.5. The molecule has 1 fully saturated rings. The highest BCUT2D eigenvalue weighted by molar-refractivity contribution is 4.78. The van der Waals surface area contributed by atoms with Gasteiger partial charge >= 0.3 is 0 Å². The minimum atomic E-state index is 0.206. The number of rotatable bonds is 6. The van der Waals surface area contributed by atoms with E-state index >= 15 is 0 Å². The highest BCUT2D eigenvalue weighted by Gasteiger charge is 2.22. The second-order valence-electron chi connectivity index (χ2n) is 6.20. The summed E-state index contributed by atoms with van der Waals surface area (Å²) in [6.45, 7) is 15.4. The van der Waals surface area contributed by atoms with Gasteiger partial charge < -0.3 is 10.1 Å². The SMILES string of the molecule is CCN(CC1CCCO1)C(C)CNC(C)(C)C. The molecule has 0 bridgehead atoms. The summed E-state index contributed by atoms with van der Waals surface area (Å²) in [4.78, 5) is 2.52. The normalized spacial score (nSPS) is 23.3. The van der Waals surface area contributed by atoms with E-state index in [0.29, 0.717) is 12.1 Å². The van der Waals surface area contributed by atoms with Crippen LogP contribution in [0.3, 0.4) is 0 Å². The van der Waals surface area contributed by atoms with Crippen LogP contribution in [0.15, 0.2) is 0 Å². The first-order valence-electron chi connectivity index (χ1n) is 7.03. The molecule has 0 aliphatic carbocycles. The summed E-state index contributed by atoms with van der Waals surface area (Å²) in [5.41, 5.74) is 0.206. The lowest BCUT2D eigenvalue weighted by Crippen LogP contribution is -2.48. The zero-order valence-corrected chi connectivity index (χ0v) is 12.3. The Hall–Kier alpha value is -0.120. The van der Waals surface area contributed by atoms with Crippen molar-refractivity contribution in [3.63, 3.8) is 0 Å². The summed E-state index contributed by atoms with van der Waals surface area (Å²) >= 11 is 0. The van der Waals surface area contributed by atoms with E-state index in [1.54, 1.807) is 0 Å². The zero-order valence-electron chi connectivity index (χ0n) is 12.3. The van der Waals surface area contributed by atoms with Crippen molar-refractivity contribution in [2.75, 3.05) is 26.2 Å². The van der Waals surface area contributed by atoms with Crippen LogP contribution in [0, 0.1) is 0 Å². The maximum absolute atomic E-state index is 5.72. The lowest BCUT2D eigenvalue weighted by Gasteiger charge is -2.32. The van der Waals surface area contributed by atoms with Gasteiger partial charge in [-0.1, -0.05) is 6.92 Å². The van der Waals surface area contributed by atoms with Crippen molar-refractivity contribution in [2.24, 2.45) is 0 Å². The summed E-state index contributed by atoms with van der Waals surface area (Å²) in [6, 6.07) is 0.573. The van der Waals surface area contributed by atoms with Crippen molar-refractivity contribution >= 4 is 0 Å². The third-order valence-corrected chi connectivity index (χ3v) is 3.42. The molecule has 1 rings (SSSR count). The number of nitrogens with zero attached hydrogens (tertiary/aromatic N) is 1. The predicted molar refractivity (Wildman–Crippen MR) is 73.4 cm³/mol. The number of hydrogen-bond donors (Lipinski definition) is 1. The van der Waals surface area contributed by atoms with Gasteiger partial charge in [-0.05, 0) is 47.1 Å². The van der Waals surface area contributed by atoms with Gasteiger partial charge in [0.15, 0.2) is 0 Å². The van der Waals surface area contributed by atoms with Crippen LogP contribution < -0.4 is 5.32 Å². The summed E-state index contributed by atoms with van der Waals surface area (Å²) in [5.74, 6) is 0. The van der Waals surface area contributed by atoms with Crippen LogP contribution >= 0.6 is 0 Å². The van der Waals surface area contributed by atoms with E-state index in [1.165, 1.54) is 12.8 Å². The first-order valence-corrected chi connectivity index (χ1v) is 7.03. The Balaban J connectivity index is 2.32. The average Bonchev–Trinajstić information content (AvgIpc) is 2.74. The Bertz CT molecular complexity index is 207. The second-order valence-corrected chi connectivity index (χ2v) is 6.20. The fourth-order valence-corrected chi connectivity index (χ4v) is 2.25. The predicted octanol–water partition coefficient (Wildman–Crippen LogP) is 2.26. The van der Waals surface area contributed by atoms with E-state index < -0.39 is 0 Å². The second kappa shape index (κ2) is 6.72. The standard InChI is InChI=1S/C14H30N2O/c1-6-16(11-13-8-7-9-17-13)12(2)10-15-14(3,4)5/h12-13,15H,6-11H2,1-5H3. The molecule has 3 nitrogen and oxygen atoms in total. The van der Waals surface area contributed by atoms with Gasteiger partial charge in [0.25, 0.3) is 0 Å². The Morgan fingerprint density at radius 1 is 1.41 bits per heavy atom. The molecule has 17 heavy (non-hydrogen) atoms. The van der Waals surface area contributed by atoms with Crippen LogP contribution in [0.4, 0.5) is 0 Å². The summed E-state index contributed by atoms with van der Waals surface area (Å²) in [5, 5.41) is 3.58. The van der Waals surface area contributed by atoms with Crippen LogP contribution in [0.2, 0.25) is 0 Å². The van der Waals surface area contributed by atoms with E-state index in [-0.39, 0.29) is 5.54 Å². The minimum Gasteiger partial charge on any atom is -0.377 e. The van der Waals surface area contributed by atoms with E-state index in [1.807, 2.05) is 0 Å². The Morgan fingerprint density at radius 3 is 2.59 bits per heavy atom. The van der Waals surface area contributed by atoms with Gasteiger partial charge in [0, 0.05) is 31.3 Å².